The highest BCUT2D eigenvalue weighted by molar-refractivity contribution is 6.23. The molecule has 30 heavy (non-hydrogen) atoms. The van der Waals surface area contributed by atoms with Gasteiger partial charge < -0.3 is 4.74 Å². The molecule has 1 aliphatic carbocycles. The number of ether oxygens (including phenoxy) is 1. The normalized spacial score (nSPS) is 18.5. The minimum absolute atomic E-state index is 0.0401. The molecule has 0 radical (unpaired) electrons. The Morgan fingerprint density at radius 2 is 1.63 bits per heavy atom. The summed E-state index contributed by atoms with van der Waals surface area (Å²) < 4.78 is 5.78. The number of allylic oxidation sites excluding steroid dienone is 2. The summed E-state index contributed by atoms with van der Waals surface area (Å²) in [7, 11) is 0. The fraction of sp³-hybridized carbons (Fsp3) is 0.321. The summed E-state index contributed by atoms with van der Waals surface area (Å²) in [6, 6.07) is 19.8. The Morgan fingerprint density at radius 3 is 2.53 bits per heavy atom. The number of hydrogen-bond acceptors (Lipinski definition) is 2. The van der Waals surface area contributed by atoms with E-state index in [-0.39, 0.29) is 12.1 Å². The molecule has 1 aliphatic rings. The lowest BCUT2D eigenvalue weighted by Crippen LogP contribution is -2.18. The molecule has 0 amide bonds. The molecule has 0 spiro atoms. The maximum Gasteiger partial charge on any atom is 0.306 e. The molecule has 0 N–H and O–H groups in total. The molecular weight excluding hydrogens is 368 g/mol. The molecule has 0 aliphatic heterocycles. The first kappa shape index (κ1) is 19.1. The first-order chi connectivity index (χ1) is 14.8. The van der Waals surface area contributed by atoms with Crippen LogP contribution >= 0.6 is 0 Å². The molecule has 1 unspecified atom stereocenters. The van der Waals surface area contributed by atoms with Gasteiger partial charge in [0.25, 0.3) is 0 Å². The molecule has 0 fully saturated rings. The standard InChI is InChI=1S/C28H28O2/c29-26(30-24-13-4-2-1-3-5-14-24)16-8-11-22-19-23-12-6-9-20-17-18-21-10-7-15-25(22)28(21)27(20)23/h1-2,6-7,9-10,12,15,17-19,24H,3-5,8,11,13-14,16H2/b2-1-. The lowest BCUT2D eigenvalue weighted by Gasteiger charge is -2.18. The zero-order valence-electron chi connectivity index (χ0n) is 17.4. The Kier molecular flexibility index (Phi) is 5.40. The van der Waals surface area contributed by atoms with Gasteiger partial charge in [-0.1, -0.05) is 66.7 Å². The summed E-state index contributed by atoms with van der Waals surface area (Å²) in [5.74, 6) is -0.0401. The van der Waals surface area contributed by atoms with Gasteiger partial charge in [0.2, 0.25) is 0 Å². The van der Waals surface area contributed by atoms with Gasteiger partial charge in [0.1, 0.15) is 6.10 Å². The van der Waals surface area contributed by atoms with E-state index in [9.17, 15) is 4.79 Å². The molecule has 0 aromatic heterocycles. The van der Waals surface area contributed by atoms with E-state index in [0.29, 0.717) is 6.42 Å². The minimum atomic E-state index is -0.0401. The van der Waals surface area contributed by atoms with Crippen LogP contribution in [0.3, 0.4) is 0 Å². The van der Waals surface area contributed by atoms with E-state index in [2.05, 4.69) is 66.7 Å². The second-order valence-corrected chi connectivity index (χ2v) is 8.53. The van der Waals surface area contributed by atoms with Crippen molar-refractivity contribution < 1.29 is 9.53 Å². The quantitative estimate of drug-likeness (QED) is 0.200. The van der Waals surface area contributed by atoms with Crippen LogP contribution in [0.15, 0.2) is 66.7 Å². The molecular formula is C28H28O2. The van der Waals surface area contributed by atoms with Crippen molar-refractivity contribution in [1.29, 1.82) is 0 Å². The Balaban J connectivity index is 1.32. The van der Waals surface area contributed by atoms with Gasteiger partial charge in [-0.2, -0.15) is 0 Å². The molecule has 5 rings (SSSR count). The summed E-state index contributed by atoms with van der Waals surface area (Å²) in [6.45, 7) is 0. The molecule has 4 aromatic carbocycles. The van der Waals surface area contributed by atoms with Crippen LogP contribution in [0.2, 0.25) is 0 Å². The molecule has 2 heteroatoms. The van der Waals surface area contributed by atoms with Gasteiger partial charge in [-0.15, -0.1) is 0 Å². The molecule has 0 saturated heterocycles. The maximum absolute atomic E-state index is 12.4. The lowest BCUT2D eigenvalue weighted by molar-refractivity contribution is -0.149. The highest BCUT2D eigenvalue weighted by Crippen LogP contribution is 2.36. The van der Waals surface area contributed by atoms with Crippen molar-refractivity contribution in [2.24, 2.45) is 0 Å². The number of carbonyl (C=O) groups is 1. The highest BCUT2D eigenvalue weighted by Gasteiger charge is 2.15. The number of esters is 1. The van der Waals surface area contributed by atoms with Gasteiger partial charge >= 0.3 is 5.97 Å². The maximum atomic E-state index is 12.4. The Morgan fingerprint density at radius 1 is 0.867 bits per heavy atom. The first-order valence-corrected chi connectivity index (χ1v) is 11.3. The van der Waals surface area contributed by atoms with E-state index in [1.165, 1.54) is 37.9 Å². The molecule has 0 saturated carbocycles. The predicted molar refractivity (Wildman–Crippen MR) is 125 cm³/mol. The van der Waals surface area contributed by atoms with Gasteiger partial charge in [-0.05, 0) is 82.8 Å². The topological polar surface area (TPSA) is 26.3 Å². The number of aryl methyl sites for hydroxylation is 1. The van der Waals surface area contributed by atoms with Crippen molar-refractivity contribution >= 4 is 38.3 Å². The summed E-state index contributed by atoms with van der Waals surface area (Å²) in [4.78, 5) is 12.4. The van der Waals surface area contributed by atoms with Gasteiger partial charge in [0.05, 0.1) is 0 Å². The minimum Gasteiger partial charge on any atom is -0.462 e. The van der Waals surface area contributed by atoms with Crippen molar-refractivity contribution in [3.05, 3.63) is 72.3 Å². The second kappa shape index (κ2) is 8.47. The van der Waals surface area contributed by atoms with Crippen molar-refractivity contribution in [3.63, 3.8) is 0 Å². The van der Waals surface area contributed by atoms with Crippen LogP contribution in [-0.4, -0.2) is 12.1 Å². The Hall–Kier alpha value is -2.87. The molecule has 2 nitrogen and oxygen atoms in total. The van der Waals surface area contributed by atoms with Crippen LogP contribution in [0.5, 0.6) is 0 Å². The predicted octanol–water partition coefficient (Wildman–Crippen LogP) is 7.34. The molecule has 0 heterocycles. The zero-order chi connectivity index (χ0) is 20.3. The third-order valence-electron chi connectivity index (χ3n) is 6.44. The largest absolute Gasteiger partial charge is 0.462 e. The van der Waals surface area contributed by atoms with Gasteiger partial charge in [-0.3, -0.25) is 4.79 Å². The summed E-state index contributed by atoms with van der Waals surface area (Å²) >= 11 is 0. The van der Waals surface area contributed by atoms with Crippen LogP contribution in [0.1, 0.15) is 50.5 Å². The van der Waals surface area contributed by atoms with Gasteiger partial charge in [-0.25, -0.2) is 0 Å². The van der Waals surface area contributed by atoms with Crippen molar-refractivity contribution in [1.82, 2.24) is 0 Å². The van der Waals surface area contributed by atoms with Crippen molar-refractivity contribution in [2.75, 3.05) is 0 Å². The third kappa shape index (κ3) is 3.79. The number of hydrogen-bond donors (Lipinski definition) is 0. The van der Waals surface area contributed by atoms with E-state index in [1.807, 2.05) is 0 Å². The SMILES string of the molecule is O=C(CCCc1cc2cccc3ccc4cccc1c4c32)OC1CC/C=C\CCC1. The zero-order valence-corrected chi connectivity index (χ0v) is 17.4. The number of carbonyl (C=O) groups excluding carboxylic acids is 1. The molecule has 0 bridgehead atoms. The Labute approximate surface area is 177 Å². The fourth-order valence-corrected chi connectivity index (χ4v) is 4.96. The Bertz CT molecular complexity index is 1200. The third-order valence-corrected chi connectivity index (χ3v) is 6.44. The second-order valence-electron chi connectivity index (χ2n) is 8.53. The molecule has 152 valence electrons. The average molecular weight is 397 g/mol. The molecule has 4 aromatic rings. The van der Waals surface area contributed by atoms with Crippen LogP contribution in [-0.2, 0) is 16.0 Å². The van der Waals surface area contributed by atoms with Gasteiger partial charge in [0, 0.05) is 6.42 Å². The number of benzene rings is 4. The van der Waals surface area contributed by atoms with Crippen LogP contribution < -0.4 is 0 Å². The van der Waals surface area contributed by atoms with E-state index < -0.39 is 0 Å². The van der Waals surface area contributed by atoms with Crippen LogP contribution in [0, 0.1) is 0 Å². The summed E-state index contributed by atoms with van der Waals surface area (Å²) in [5, 5.41) is 7.89. The summed E-state index contributed by atoms with van der Waals surface area (Å²) in [6.07, 6.45) is 11.9. The monoisotopic (exact) mass is 396 g/mol. The summed E-state index contributed by atoms with van der Waals surface area (Å²) in [5.41, 5.74) is 1.33. The lowest BCUT2D eigenvalue weighted by atomic mass is 9.90. The van der Waals surface area contributed by atoms with E-state index >= 15 is 0 Å². The average Bonchev–Trinajstić information content (AvgIpc) is 2.74. The highest BCUT2D eigenvalue weighted by atomic mass is 16.5. The first-order valence-electron chi connectivity index (χ1n) is 11.3. The fourth-order valence-electron chi connectivity index (χ4n) is 4.96. The van der Waals surface area contributed by atoms with Gasteiger partial charge in [0.15, 0.2) is 0 Å². The van der Waals surface area contributed by atoms with E-state index in [1.54, 1.807) is 0 Å². The van der Waals surface area contributed by atoms with E-state index in [0.717, 1.165) is 44.9 Å². The number of rotatable bonds is 5. The smallest absolute Gasteiger partial charge is 0.306 e. The van der Waals surface area contributed by atoms with Crippen LogP contribution in [0.25, 0.3) is 32.3 Å². The molecule has 1 atom stereocenters. The van der Waals surface area contributed by atoms with Crippen molar-refractivity contribution in [2.45, 2.75) is 57.5 Å². The van der Waals surface area contributed by atoms with E-state index in [4.69, 9.17) is 4.74 Å². The van der Waals surface area contributed by atoms with Crippen molar-refractivity contribution in [3.8, 4) is 0 Å². The van der Waals surface area contributed by atoms with Crippen LogP contribution in [0.4, 0.5) is 0 Å².